The lowest BCUT2D eigenvalue weighted by Crippen LogP contribution is -2.35. The summed E-state index contributed by atoms with van der Waals surface area (Å²) in [6, 6.07) is 0. The standard InChI is InChI=1S/C16H30ClN3/c1-7-8-16(5,11-18-10-12(2)3)9-14-13(4)19-20(6)15(14)17/h12,18H,7-11H2,1-6H3. The van der Waals surface area contributed by atoms with E-state index in [4.69, 9.17) is 11.6 Å². The van der Waals surface area contributed by atoms with E-state index in [2.05, 4.69) is 45.0 Å². The highest BCUT2D eigenvalue weighted by Crippen LogP contribution is 2.32. The topological polar surface area (TPSA) is 29.9 Å². The summed E-state index contributed by atoms with van der Waals surface area (Å²) in [4.78, 5) is 0. The Morgan fingerprint density at radius 2 is 2.05 bits per heavy atom. The van der Waals surface area contributed by atoms with E-state index in [9.17, 15) is 0 Å². The van der Waals surface area contributed by atoms with Crippen molar-refractivity contribution in [3.05, 3.63) is 16.4 Å². The van der Waals surface area contributed by atoms with E-state index in [1.165, 1.54) is 18.4 Å². The van der Waals surface area contributed by atoms with Gasteiger partial charge in [-0.25, -0.2) is 0 Å². The van der Waals surface area contributed by atoms with Crippen molar-refractivity contribution in [2.75, 3.05) is 13.1 Å². The predicted molar refractivity (Wildman–Crippen MR) is 87.4 cm³/mol. The number of hydrogen-bond donors (Lipinski definition) is 1. The smallest absolute Gasteiger partial charge is 0.130 e. The minimum atomic E-state index is 0.237. The molecule has 1 heterocycles. The third kappa shape index (κ3) is 4.78. The largest absolute Gasteiger partial charge is 0.316 e. The first-order valence-electron chi connectivity index (χ1n) is 7.67. The van der Waals surface area contributed by atoms with Crippen molar-refractivity contribution >= 4 is 11.6 Å². The lowest BCUT2D eigenvalue weighted by atomic mass is 9.79. The normalized spacial score (nSPS) is 14.8. The molecule has 0 fully saturated rings. The van der Waals surface area contributed by atoms with Gasteiger partial charge >= 0.3 is 0 Å². The molecule has 0 spiro atoms. The van der Waals surface area contributed by atoms with Crippen molar-refractivity contribution in [2.45, 2.75) is 53.9 Å². The van der Waals surface area contributed by atoms with Crippen LogP contribution in [0, 0.1) is 18.3 Å². The van der Waals surface area contributed by atoms with Crippen LogP contribution in [-0.2, 0) is 13.5 Å². The average Bonchev–Trinajstić information content (AvgIpc) is 2.56. The summed E-state index contributed by atoms with van der Waals surface area (Å²) in [6.07, 6.45) is 3.38. The van der Waals surface area contributed by atoms with E-state index in [-0.39, 0.29) is 5.41 Å². The number of nitrogens with one attached hydrogen (secondary N) is 1. The van der Waals surface area contributed by atoms with Gasteiger partial charge in [0.15, 0.2) is 0 Å². The fraction of sp³-hybridized carbons (Fsp3) is 0.812. The Kier molecular flexibility index (Phi) is 6.53. The molecule has 1 atom stereocenters. The lowest BCUT2D eigenvalue weighted by Gasteiger charge is -2.30. The molecule has 0 amide bonds. The van der Waals surface area contributed by atoms with E-state index in [1.54, 1.807) is 4.68 Å². The number of hydrogen-bond acceptors (Lipinski definition) is 2. The molecule has 0 aromatic carbocycles. The van der Waals surface area contributed by atoms with Crippen LogP contribution in [0.1, 0.15) is 51.8 Å². The molecule has 1 unspecified atom stereocenters. The highest BCUT2D eigenvalue weighted by atomic mass is 35.5. The third-order valence-electron chi connectivity index (χ3n) is 3.83. The molecule has 3 nitrogen and oxygen atoms in total. The number of nitrogens with zero attached hydrogens (tertiary/aromatic N) is 2. The molecule has 116 valence electrons. The Bertz CT molecular complexity index is 426. The second-order valence-electron chi connectivity index (χ2n) is 6.74. The fourth-order valence-electron chi connectivity index (χ4n) is 2.81. The second-order valence-corrected chi connectivity index (χ2v) is 7.10. The van der Waals surface area contributed by atoms with E-state index < -0.39 is 0 Å². The molecule has 0 aliphatic heterocycles. The third-order valence-corrected chi connectivity index (χ3v) is 4.30. The monoisotopic (exact) mass is 299 g/mol. The average molecular weight is 300 g/mol. The fourth-order valence-corrected chi connectivity index (χ4v) is 3.05. The molecule has 1 rings (SSSR count). The summed E-state index contributed by atoms with van der Waals surface area (Å²) < 4.78 is 1.78. The molecule has 0 bridgehead atoms. The van der Waals surface area contributed by atoms with Crippen LogP contribution in [0.3, 0.4) is 0 Å². The zero-order valence-electron chi connectivity index (χ0n) is 13.9. The SMILES string of the molecule is CCCC(C)(CNCC(C)C)Cc1c(C)nn(C)c1Cl. The van der Waals surface area contributed by atoms with Crippen molar-refractivity contribution in [3.8, 4) is 0 Å². The summed E-state index contributed by atoms with van der Waals surface area (Å²) in [5.74, 6) is 0.685. The van der Waals surface area contributed by atoms with Crippen LogP contribution >= 0.6 is 11.6 Å². The maximum Gasteiger partial charge on any atom is 0.130 e. The van der Waals surface area contributed by atoms with Gasteiger partial charge in [0.25, 0.3) is 0 Å². The van der Waals surface area contributed by atoms with E-state index in [0.717, 1.165) is 30.4 Å². The highest BCUT2D eigenvalue weighted by molar-refractivity contribution is 6.30. The first-order valence-corrected chi connectivity index (χ1v) is 8.05. The van der Waals surface area contributed by atoms with Gasteiger partial charge in [0.2, 0.25) is 0 Å². The molecular formula is C16H30ClN3. The number of halogens is 1. The lowest BCUT2D eigenvalue weighted by molar-refractivity contribution is 0.270. The van der Waals surface area contributed by atoms with Gasteiger partial charge < -0.3 is 5.32 Å². The van der Waals surface area contributed by atoms with Gasteiger partial charge in [0.1, 0.15) is 5.15 Å². The Morgan fingerprint density at radius 3 is 2.50 bits per heavy atom. The van der Waals surface area contributed by atoms with E-state index in [0.29, 0.717) is 5.92 Å². The Balaban J connectivity index is 2.79. The Labute approximate surface area is 129 Å². The summed E-state index contributed by atoms with van der Waals surface area (Å²) in [7, 11) is 1.91. The minimum Gasteiger partial charge on any atom is -0.316 e. The van der Waals surface area contributed by atoms with Gasteiger partial charge in [-0.2, -0.15) is 5.10 Å². The van der Waals surface area contributed by atoms with Crippen LogP contribution in [0.15, 0.2) is 0 Å². The zero-order chi connectivity index (χ0) is 15.3. The second kappa shape index (κ2) is 7.46. The van der Waals surface area contributed by atoms with Crippen molar-refractivity contribution in [2.24, 2.45) is 18.4 Å². The van der Waals surface area contributed by atoms with Gasteiger partial charge in [0.05, 0.1) is 5.69 Å². The van der Waals surface area contributed by atoms with Crippen LogP contribution in [0.5, 0.6) is 0 Å². The number of aromatic nitrogens is 2. The molecule has 20 heavy (non-hydrogen) atoms. The minimum absolute atomic E-state index is 0.237. The van der Waals surface area contributed by atoms with E-state index in [1.807, 2.05) is 7.05 Å². The predicted octanol–water partition coefficient (Wildman–Crippen LogP) is 3.98. The van der Waals surface area contributed by atoms with Crippen molar-refractivity contribution in [3.63, 3.8) is 0 Å². The molecular weight excluding hydrogens is 270 g/mol. The zero-order valence-corrected chi connectivity index (χ0v) is 14.6. The first-order chi connectivity index (χ1) is 9.29. The summed E-state index contributed by atoms with van der Waals surface area (Å²) in [5.41, 5.74) is 2.50. The number of rotatable bonds is 8. The van der Waals surface area contributed by atoms with Crippen molar-refractivity contribution in [1.82, 2.24) is 15.1 Å². The van der Waals surface area contributed by atoms with Crippen LogP contribution < -0.4 is 5.32 Å². The molecule has 0 saturated carbocycles. The van der Waals surface area contributed by atoms with Crippen LogP contribution in [-0.4, -0.2) is 22.9 Å². The van der Waals surface area contributed by atoms with Gasteiger partial charge in [-0.1, -0.05) is 45.7 Å². The summed E-state index contributed by atoms with van der Waals surface area (Å²) in [6.45, 7) is 13.2. The molecule has 0 aliphatic carbocycles. The highest BCUT2D eigenvalue weighted by Gasteiger charge is 2.27. The van der Waals surface area contributed by atoms with Crippen LogP contribution in [0.2, 0.25) is 5.15 Å². The Morgan fingerprint density at radius 1 is 1.40 bits per heavy atom. The first kappa shape index (κ1) is 17.5. The van der Waals surface area contributed by atoms with Gasteiger partial charge in [0, 0.05) is 19.2 Å². The molecule has 0 aliphatic rings. The van der Waals surface area contributed by atoms with E-state index >= 15 is 0 Å². The quantitative estimate of drug-likeness (QED) is 0.787. The van der Waals surface area contributed by atoms with Gasteiger partial charge in [-0.05, 0) is 37.6 Å². The van der Waals surface area contributed by atoms with Crippen LogP contribution in [0.4, 0.5) is 0 Å². The van der Waals surface area contributed by atoms with Gasteiger partial charge in [-0.3, -0.25) is 4.68 Å². The van der Waals surface area contributed by atoms with Gasteiger partial charge in [-0.15, -0.1) is 0 Å². The maximum absolute atomic E-state index is 6.38. The Hall–Kier alpha value is -0.540. The van der Waals surface area contributed by atoms with Crippen molar-refractivity contribution < 1.29 is 0 Å². The molecule has 1 aromatic rings. The molecule has 1 aromatic heterocycles. The molecule has 4 heteroatoms. The summed E-state index contributed by atoms with van der Waals surface area (Å²) in [5, 5.41) is 8.82. The number of aryl methyl sites for hydroxylation is 2. The van der Waals surface area contributed by atoms with Crippen molar-refractivity contribution in [1.29, 1.82) is 0 Å². The molecule has 0 saturated heterocycles. The maximum atomic E-state index is 6.38. The van der Waals surface area contributed by atoms with Crippen LogP contribution in [0.25, 0.3) is 0 Å². The molecule has 1 N–H and O–H groups in total. The summed E-state index contributed by atoms with van der Waals surface area (Å²) >= 11 is 6.38. The molecule has 0 radical (unpaired) electrons.